The minimum absolute atomic E-state index is 0.0266. The van der Waals surface area contributed by atoms with Crippen molar-refractivity contribution in [3.05, 3.63) is 47.1 Å². The van der Waals surface area contributed by atoms with Gasteiger partial charge in [-0.3, -0.25) is 4.40 Å². The van der Waals surface area contributed by atoms with Crippen LogP contribution in [0.15, 0.2) is 42.0 Å². The molecule has 172 valence electrons. The third-order valence-corrected chi connectivity index (χ3v) is 7.77. The molecule has 8 nitrogen and oxygen atoms in total. The molecule has 5 rings (SSSR count). The second kappa shape index (κ2) is 9.86. The van der Waals surface area contributed by atoms with E-state index in [-0.39, 0.29) is 5.75 Å². The third kappa shape index (κ3) is 4.80. The fourth-order valence-corrected chi connectivity index (χ4v) is 5.66. The van der Waals surface area contributed by atoms with E-state index in [4.69, 9.17) is 21.6 Å². The number of hydrogen-bond acceptors (Lipinski definition) is 9. The van der Waals surface area contributed by atoms with Crippen LogP contribution in [0.4, 0.5) is 5.95 Å². The average molecular weight is 502 g/mol. The Bertz CT molecular complexity index is 1260. The molecule has 1 saturated heterocycles. The molecular weight excluding hydrogens is 478 g/mol. The lowest BCUT2D eigenvalue weighted by atomic mass is 10.1. The van der Waals surface area contributed by atoms with E-state index in [2.05, 4.69) is 25.8 Å². The lowest BCUT2D eigenvalue weighted by molar-refractivity contribution is 0.357. The van der Waals surface area contributed by atoms with Crippen molar-refractivity contribution in [1.29, 1.82) is 0 Å². The summed E-state index contributed by atoms with van der Waals surface area (Å²) in [5, 5.41) is 15.8. The Hall–Kier alpha value is -2.37. The van der Waals surface area contributed by atoms with Crippen LogP contribution < -0.4 is 5.32 Å². The Labute approximate surface area is 205 Å². The summed E-state index contributed by atoms with van der Waals surface area (Å²) in [6, 6.07) is 7.04. The number of nitrogens with one attached hydrogen (secondary N) is 1. The maximum Gasteiger partial charge on any atom is 0.223 e. The molecule has 1 fully saturated rings. The van der Waals surface area contributed by atoms with Crippen molar-refractivity contribution in [2.45, 2.75) is 13.3 Å². The fraction of sp³-hybridized carbons (Fsp3) is 0.318. The highest BCUT2D eigenvalue weighted by molar-refractivity contribution is 7.94. The first-order chi connectivity index (χ1) is 16.1. The average Bonchev–Trinajstić information content (AvgIpc) is 3.43. The molecule has 1 aromatic carbocycles. The van der Waals surface area contributed by atoms with Gasteiger partial charge in [-0.15, -0.1) is 11.3 Å². The Balaban J connectivity index is 1.39. The number of rotatable bonds is 7. The van der Waals surface area contributed by atoms with Crippen molar-refractivity contribution in [2.24, 2.45) is 0 Å². The van der Waals surface area contributed by atoms with Crippen molar-refractivity contribution in [1.82, 2.24) is 28.0 Å². The number of benzene rings is 1. The molecule has 0 unspecified atom stereocenters. The number of hydrogen-bond donors (Lipinski definition) is 2. The van der Waals surface area contributed by atoms with Crippen LogP contribution in [-0.2, 0) is 0 Å². The molecule has 0 saturated carbocycles. The van der Waals surface area contributed by atoms with Crippen molar-refractivity contribution >= 4 is 46.0 Å². The van der Waals surface area contributed by atoms with Gasteiger partial charge in [0.05, 0.1) is 16.4 Å². The predicted octanol–water partition coefficient (Wildman–Crippen LogP) is 4.88. The first-order valence-electron chi connectivity index (χ1n) is 10.8. The minimum atomic E-state index is 0.0266. The van der Waals surface area contributed by atoms with E-state index in [0.717, 1.165) is 60.3 Å². The van der Waals surface area contributed by atoms with Gasteiger partial charge in [0.1, 0.15) is 11.4 Å². The number of phenols is 1. The second-order valence-corrected chi connectivity index (χ2v) is 10.1. The highest BCUT2D eigenvalue weighted by atomic mass is 35.5. The van der Waals surface area contributed by atoms with E-state index >= 15 is 0 Å². The van der Waals surface area contributed by atoms with Crippen molar-refractivity contribution < 1.29 is 5.11 Å². The van der Waals surface area contributed by atoms with Crippen LogP contribution in [0.25, 0.3) is 27.6 Å². The van der Waals surface area contributed by atoms with Gasteiger partial charge >= 0.3 is 0 Å². The molecule has 0 spiro atoms. The highest BCUT2D eigenvalue weighted by Gasteiger charge is 2.20. The molecule has 33 heavy (non-hydrogen) atoms. The summed E-state index contributed by atoms with van der Waals surface area (Å²) >= 11 is 9.38. The van der Waals surface area contributed by atoms with Gasteiger partial charge in [0.2, 0.25) is 5.95 Å². The molecule has 3 aromatic heterocycles. The quantitative estimate of drug-likeness (QED) is 0.347. The third-order valence-electron chi connectivity index (χ3n) is 5.42. The number of halogens is 1. The minimum Gasteiger partial charge on any atom is -0.506 e. The second-order valence-electron chi connectivity index (χ2n) is 7.61. The first-order valence-corrected chi connectivity index (χ1v) is 12.8. The van der Waals surface area contributed by atoms with Crippen LogP contribution in [0.3, 0.4) is 0 Å². The van der Waals surface area contributed by atoms with E-state index in [1.807, 2.05) is 40.2 Å². The Morgan fingerprint density at radius 3 is 2.91 bits per heavy atom. The van der Waals surface area contributed by atoms with Crippen LogP contribution in [0.1, 0.15) is 13.3 Å². The molecule has 2 N–H and O–H groups in total. The van der Waals surface area contributed by atoms with Crippen molar-refractivity contribution in [3.63, 3.8) is 0 Å². The predicted molar refractivity (Wildman–Crippen MR) is 136 cm³/mol. The SMILES string of the molecule is CCN1CCCN(CCNc2nccc(-c3c(-c4ccc(Cl)c(O)c4)nc4sccn34)n2)S1. The van der Waals surface area contributed by atoms with Crippen molar-refractivity contribution in [2.75, 3.05) is 38.0 Å². The number of thiazole rings is 1. The van der Waals surface area contributed by atoms with E-state index < -0.39 is 0 Å². The molecular formula is C22H24ClN7OS2. The maximum atomic E-state index is 10.1. The number of aromatic nitrogens is 4. The normalized spacial score (nSPS) is 15.3. The zero-order valence-corrected chi connectivity index (χ0v) is 20.5. The number of fused-ring (bicyclic) bond motifs is 1. The zero-order valence-electron chi connectivity index (χ0n) is 18.1. The van der Waals surface area contributed by atoms with Crippen LogP contribution in [0, 0.1) is 0 Å². The Morgan fingerprint density at radius 2 is 2.06 bits per heavy atom. The maximum absolute atomic E-state index is 10.1. The lowest BCUT2D eigenvalue weighted by Gasteiger charge is -2.32. The van der Waals surface area contributed by atoms with E-state index in [1.54, 1.807) is 29.7 Å². The Morgan fingerprint density at radius 1 is 1.18 bits per heavy atom. The van der Waals surface area contributed by atoms with Crippen LogP contribution in [-0.4, -0.2) is 65.8 Å². The van der Waals surface area contributed by atoms with Crippen LogP contribution in [0.2, 0.25) is 5.02 Å². The molecule has 0 bridgehead atoms. The topological polar surface area (TPSA) is 81.8 Å². The number of anilines is 1. The standard InChI is InChI=1S/C22H24ClN7OS2/c1-2-28-9-3-10-29(33-28)11-8-25-21-24-7-6-17(26-21)20-19(27-22-30(20)12-13-32-22)15-4-5-16(23)18(31)14-15/h4-7,12-14,31H,2-3,8-11H2,1H3,(H,24,25,26). The monoisotopic (exact) mass is 501 g/mol. The van der Waals surface area contributed by atoms with E-state index in [0.29, 0.717) is 11.0 Å². The zero-order chi connectivity index (χ0) is 22.8. The van der Waals surface area contributed by atoms with Gasteiger partial charge < -0.3 is 10.4 Å². The molecule has 0 amide bonds. The number of aromatic hydroxyl groups is 1. The molecule has 0 atom stereocenters. The summed E-state index contributed by atoms with van der Waals surface area (Å²) in [6.07, 6.45) is 4.92. The van der Waals surface area contributed by atoms with Gasteiger partial charge in [-0.1, -0.05) is 24.6 Å². The van der Waals surface area contributed by atoms with Gasteiger partial charge in [-0.25, -0.2) is 23.6 Å². The van der Waals surface area contributed by atoms with Crippen LogP contribution in [0.5, 0.6) is 5.75 Å². The summed E-state index contributed by atoms with van der Waals surface area (Å²) in [4.78, 5) is 14.8. The van der Waals surface area contributed by atoms with Gasteiger partial charge in [0, 0.05) is 68.2 Å². The summed E-state index contributed by atoms with van der Waals surface area (Å²) in [5.41, 5.74) is 3.12. The molecule has 0 radical (unpaired) electrons. The highest BCUT2D eigenvalue weighted by Crippen LogP contribution is 2.36. The molecule has 11 heteroatoms. The van der Waals surface area contributed by atoms with Crippen molar-refractivity contribution in [3.8, 4) is 28.4 Å². The molecule has 4 heterocycles. The van der Waals surface area contributed by atoms with E-state index in [9.17, 15) is 5.11 Å². The van der Waals surface area contributed by atoms with Crippen LogP contribution >= 0.6 is 35.1 Å². The molecule has 4 aromatic rings. The first kappa shape index (κ1) is 22.4. The van der Waals surface area contributed by atoms with Gasteiger partial charge in [0.15, 0.2) is 4.96 Å². The summed E-state index contributed by atoms with van der Waals surface area (Å²) < 4.78 is 6.77. The Kier molecular flexibility index (Phi) is 6.70. The largest absolute Gasteiger partial charge is 0.506 e. The molecule has 1 aliphatic heterocycles. The number of phenolic OH excluding ortho intramolecular Hbond substituents is 1. The fourth-order valence-electron chi connectivity index (χ4n) is 3.80. The summed E-state index contributed by atoms with van der Waals surface area (Å²) in [7, 11) is 0. The van der Waals surface area contributed by atoms with E-state index in [1.165, 1.54) is 6.42 Å². The molecule has 0 aliphatic carbocycles. The smallest absolute Gasteiger partial charge is 0.223 e. The number of nitrogens with zero attached hydrogens (tertiary/aromatic N) is 6. The van der Waals surface area contributed by atoms with Gasteiger partial charge in [-0.2, -0.15) is 0 Å². The number of imidazole rings is 1. The summed E-state index contributed by atoms with van der Waals surface area (Å²) in [5.74, 6) is 0.607. The summed E-state index contributed by atoms with van der Waals surface area (Å²) in [6.45, 7) is 7.14. The van der Waals surface area contributed by atoms with Gasteiger partial charge in [0.25, 0.3) is 0 Å². The molecule has 1 aliphatic rings. The van der Waals surface area contributed by atoms with Gasteiger partial charge in [-0.05, 0) is 24.6 Å². The lowest BCUT2D eigenvalue weighted by Crippen LogP contribution is -2.36.